The highest BCUT2D eigenvalue weighted by molar-refractivity contribution is 5.79. The molecule has 6 nitrogen and oxygen atoms in total. The van der Waals surface area contributed by atoms with E-state index in [1.807, 2.05) is 4.68 Å². The fraction of sp³-hybridized carbons (Fsp3) is 0.812. The van der Waals surface area contributed by atoms with Gasteiger partial charge in [-0.25, -0.2) is 9.67 Å². The van der Waals surface area contributed by atoms with Gasteiger partial charge >= 0.3 is 0 Å². The zero-order chi connectivity index (χ0) is 15.7. The van der Waals surface area contributed by atoms with Gasteiger partial charge in [0.25, 0.3) is 0 Å². The van der Waals surface area contributed by atoms with E-state index in [1.165, 1.54) is 0 Å². The van der Waals surface area contributed by atoms with Gasteiger partial charge in [-0.2, -0.15) is 5.10 Å². The van der Waals surface area contributed by atoms with Crippen LogP contribution in [-0.2, 0) is 11.3 Å². The lowest BCUT2D eigenvalue weighted by molar-refractivity contribution is -0.127. The van der Waals surface area contributed by atoms with Crippen LogP contribution in [0.15, 0.2) is 0 Å². The summed E-state index contributed by atoms with van der Waals surface area (Å²) in [7, 11) is 0. The number of nitrogens with two attached hydrogens (primary N) is 1. The Morgan fingerprint density at radius 3 is 2.91 bits per heavy atom. The van der Waals surface area contributed by atoms with E-state index in [9.17, 15) is 4.79 Å². The van der Waals surface area contributed by atoms with Crippen molar-refractivity contribution in [3.8, 4) is 0 Å². The molecule has 6 heteroatoms. The number of nitrogens with zero attached hydrogens (tertiary/aromatic N) is 3. The van der Waals surface area contributed by atoms with Crippen LogP contribution in [0, 0.1) is 11.8 Å². The highest BCUT2D eigenvalue weighted by atomic mass is 16.2. The highest BCUT2D eigenvalue weighted by Crippen LogP contribution is 2.32. The summed E-state index contributed by atoms with van der Waals surface area (Å²) in [6.45, 7) is 5.70. The van der Waals surface area contributed by atoms with Gasteiger partial charge in [0, 0.05) is 18.4 Å². The van der Waals surface area contributed by atoms with Crippen LogP contribution < -0.4 is 11.1 Å². The number of fused-ring (bicyclic) bond motifs is 1. The van der Waals surface area contributed by atoms with Crippen LogP contribution >= 0.6 is 0 Å². The van der Waals surface area contributed by atoms with Crippen LogP contribution in [0.3, 0.4) is 0 Å². The molecule has 0 aromatic carbocycles. The van der Waals surface area contributed by atoms with E-state index < -0.39 is 0 Å². The minimum Gasteiger partial charge on any atom is -0.346 e. The SMILES string of the molecule is CC(C)c1nc2n(n1)CCCC2NC(=O)[C@@H]1CCC[C@@H]1CN. The van der Waals surface area contributed by atoms with Crippen LogP contribution in [-0.4, -0.2) is 27.2 Å². The molecule has 3 rings (SSSR count). The molecule has 2 aliphatic rings. The highest BCUT2D eigenvalue weighted by Gasteiger charge is 2.34. The summed E-state index contributed by atoms with van der Waals surface area (Å²) >= 11 is 0. The number of hydrogen-bond donors (Lipinski definition) is 2. The standard InChI is InChI=1S/C16H27N5O/c1-10(2)14-19-15-13(7-4-8-21(15)20-14)18-16(22)12-6-3-5-11(12)9-17/h10-13H,3-9,17H2,1-2H3,(H,18,22)/t11-,12-,13?/m1/s1. The fourth-order valence-corrected chi connectivity index (χ4v) is 3.69. The Morgan fingerprint density at radius 1 is 1.36 bits per heavy atom. The molecule has 0 bridgehead atoms. The zero-order valence-electron chi connectivity index (χ0n) is 13.6. The van der Waals surface area contributed by atoms with Gasteiger partial charge < -0.3 is 11.1 Å². The number of amides is 1. The molecule has 1 unspecified atom stereocenters. The first kappa shape index (κ1) is 15.5. The Morgan fingerprint density at radius 2 is 2.18 bits per heavy atom. The van der Waals surface area contributed by atoms with Crippen LogP contribution in [0.4, 0.5) is 0 Å². The lowest BCUT2D eigenvalue weighted by Gasteiger charge is -2.26. The molecule has 1 amide bonds. The summed E-state index contributed by atoms with van der Waals surface area (Å²) in [6, 6.07) is 0.000254. The summed E-state index contributed by atoms with van der Waals surface area (Å²) in [5, 5.41) is 7.79. The number of carbonyl (C=O) groups is 1. The topological polar surface area (TPSA) is 85.8 Å². The molecule has 0 spiro atoms. The summed E-state index contributed by atoms with van der Waals surface area (Å²) in [6.07, 6.45) is 5.13. The van der Waals surface area contributed by atoms with E-state index >= 15 is 0 Å². The number of hydrogen-bond acceptors (Lipinski definition) is 4. The molecule has 1 fully saturated rings. The molecule has 0 radical (unpaired) electrons. The molecule has 1 aromatic heterocycles. The van der Waals surface area contributed by atoms with E-state index in [0.29, 0.717) is 18.4 Å². The number of carbonyl (C=O) groups excluding carboxylic acids is 1. The van der Waals surface area contributed by atoms with Gasteiger partial charge in [0.1, 0.15) is 5.82 Å². The first-order chi connectivity index (χ1) is 10.6. The minimum atomic E-state index is 0.000254. The molecular weight excluding hydrogens is 278 g/mol. The lowest BCUT2D eigenvalue weighted by atomic mass is 9.94. The monoisotopic (exact) mass is 305 g/mol. The number of aryl methyl sites for hydroxylation is 1. The first-order valence-electron chi connectivity index (χ1n) is 8.55. The van der Waals surface area contributed by atoms with Crippen molar-refractivity contribution in [2.75, 3.05) is 6.54 Å². The summed E-state index contributed by atoms with van der Waals surface area (Å²) in [5.74, 6) is 2.68. The van der Waals surface area contributed by atoms with Crippen LogP contribution in [0.1, 0.15) is 69.6 Å². The van der Waals surface area contributed by atoms with E-state index in [-0.39, 0.29) is 17.9 Å². The third kappa shape index (κ3) is 2.89. The minimum absolute atomic E-state index is 0.000254. The zero-order valence-corrected chi connectivity index (χ0v) is 13.6. The van der Waals surface area contributed by atoms with Crippen molar-refractivity contribution in [1.29, 1.82) is 0 Å². The third-order valence-corrected chi connectivity index (χ3v) is 5.02. The smallest absolute Gasteiger partial charge is 0.224 e. The van der Waals surface area contributed by atoms with Gasteiger partial charge in [0.2, 0.25) is 5.91 Å². The maximum absolute atomic E-state index is 12.6. The van der Waals surface area contributed by atoms with Crippen LogP contribution in [0.2, 0.25) is 0 Å². The Hall–Kier alpha value is -1.43. The first-order valence-corrected chi connectivity index (χ1v) is 8.55. The van der Waals surface area contributed by atoms with E-state index in [1.54, 1.807) is 0 Å². The van der Waals surface area contributed by atoms with Gasteiger partial charge in [0.05, 0.1) is 6.04 Å². The predicted octanol–water partition coefficient (Wildman–Crippen LogP) is 1.73. The van der Waals surface area contributed by atoms with Crippen molar-refractivity contribution in [3.05, 3.63) is 11.6 Å². The number of rotatable bonds is 4. The molecule has 3 N–H and O–H groups in total. The molecule has 1 saturated carbocycles. The molecule has 1 aromatic rings. The third-order valence-electron chi connectivity index (χ3n) is 5.02. The number of aromatic nitrogens is 3. The summed E-state index contributed by atoms with van der Waals surface area (Å²) in [4.78, 5) is 17.3. The van der Waals surface area contributed by atoms with Crippen molar-refractivity contribution < 1.29 is 4.79 Å². The second-order valence-corrected chi connectivity index (χ2v) is 6.94. The fourth-order valence-electron chi connectivity index (χ4n) is 3.69. The number of nitrogens with one attached hydrogen (secondary N) is 1. The molecule has 3 atom stereocenters. The maximum atomic E-state index is 12.6. The molecule has 0 saturated heterocycles. The second-order valence-electron chi connectivity index (χ2n) is 6.94. The van der Waals surface area contributed by atoms with E-state index in [0.717, 1.165) is 50.3 Å². The normalized spacial score (nSPS) is 27.9. The Balaban J connectivity index is 1.73. The van der Waals surface area contributed by atoms with Crippen molar-refractivity contribution in [2.24, 2.45) is 17.6 Å². The quantitative estimate of drug-likeness (QED) is 0.887. The maximum Gasteiger partial charge on any atom is 0.224 e. The average Bonchev–Trinajstić information content (AvgIpc) is 3.14. The van der Waals surface area contributed by atoms with Gasteiger partial charge in [-0.05, 0) is 38.1 Å². The summed E-state index contributed by atoms with van der Waals surface area (Å²) in [5.41, 5.74) is 5.80. The molecule has 22 heavy (non-hydrogen) atoms. The van der Waals surface area contributed by atoms with Gasteiger partial charge in [-0.1, -0.05) is 20.3 Å². The van der Waals surface area contributed by atoms with Gasteiger partial charge in [-0.15, -0.1) is 0 Å². The van der Waals surface area contributed by atoms with Crippen molar-refractivity contribution in [1.82, 2.24) is 20.1 Å². The van der Waals surface area contributed by atoms with Crippen LogP contribution in [0.25, 0.3) is 0 Å². The van der Waals surface area contributed by atoms with Crippen molar-refractivity contribution in [3.63, 3.8) is 0 Å². The lowest BCUT2D eigenvalue weighted by Crippen LogP contribution is -2.39. The molecule has 2 heterocycles. The van der Waals surface area contributed by atoms with Crippen LogP contribution in [0.5, 0.6) is 0 Å². The van der Waals surface area contributed by atoms with E-state index in [2.05, 4.69) is 29.2 Å². The average molecular weight is 305 g/mol. The Labute approximate surface area is 131 Å². The summed E-state index contributed by atoms with van der Waals surface area (Å²) < 4.78 is 1.97. The Kier molecular flexibility index (Phi) is 4.47. The Bertz CT molecular complexity index is 539. The largest absolute Gasteiger partial charge is 0.346 e. The molecule has 122 valence electrons. The predicted molar refractivity (Wildman–Crippen MR) is 84.1 cm³/mol. The van der Waals surface area contributed by atoms with Crippen molar-refractivity contribution in [2.45, 2.75) is 64.5 Å². The molecular formula is C16H27N5O. The molecule has 1 aliphatic heterocycles. The van der Waals surface area contributed by atoms with Gasteiger partial charge in [-0.3, -0.25) is 4.79 Å². The van der Waals surface area contributed by atoms with Gasteiger partial charge in [0.15, 0.2) is 5.82 Å². The second kappa shape index (κ2) is 6.36. The van der Waals surface area contributed by atoms with Crippen molar-refractivity contribution >= 4 is 5.91 Å². The van der Waals surface area contributed by atoms with E-state index in [4.69, 9.17) is 5.73 Å². The molecule has 1 aliphatic carbocycles.